The number of nitrogens with zero attached hydrogens (tertiary/aromatic N) is 3. The van der Waals surface area contributed by atoms with Crippen molar-refractivity contribution in [1.82, 2.24) is 19.7 Å². The fourth-order valence-corrected chi connectivity index (χ4v) is 4.11. The van der Waals surface area contributed by atoms with Crippen LogP contribution in [0.4, 0.5) is 4.79 Å². The van der Waals surface area contributed by atoms with E-state index in [0.717, 1.165) is 27.8 Å². The van der Waals surface area contributed by atoms with Gasteiger partial charge >= 0.3 is 6.03 Å². The molecule has 0 atom stereocenters. The van der Waals surface area contributed by atoms with E-state index < -0.39 is 0 Å². The molecule has 0 bridgehead atoms. The first kappa shape index (κ1) is 26.1. The van der Waals surface area contributed by atoms with Crippen LogP contribution < -0.4 is 4.74 Å². The maximum atomic E-state index is 13.6. The van der Waals surface area contributed by atoms with Crippen molar-refractivity contribution < 1.29 is 19.1 Å². The minimum absolute atomic E-state index is 0.00373. The van der Waals surface area contributed by atoms with Crippen molar-refractivity contribution in [3.63, 3.8) is 0 Å². The summed E-state index contributed by atoms with van der Waals surface area (Å²) >= 11 is 0. The molecule has 0 fully saturated rings. The van der Waals surface area contributed by atoms with Crippen molar-refractivity contribution in [2.75, 3.05) is 54.6 Å². The van der Waals surface area contributed by atoms with E-state index in [9.17, 15) is 9.59 Å². The molecular weight excluding hydrogens is 444 g/mol. The van der Waals surface area contributed by atoms with Crippen LogP contribution in [0.5, 0.6) is 5.75 Å². The molecule has 0 aliphatic carbocycles. The van der Waals surface area contributed by atoms with Crippen molar-refractivity contribution in [3.8, 4) is 5.75 Å². The Labute approximate surface area is 207 Å². The van der Waals surface area contributed by atoms with Crippen LogP contribution in [0.15, 0.2) is 54.7 Å². The van der Waals surface area contributed by atoms with Crippen LogP contribution in [-0.2, 0) is 22.5 Å². The van der Waals surface area contributed by atoms with Gasteiger partial charge in [0.2, 0.25) is 5.91 Å². The zero-order valence-electron chi connectivity index (χ0n) is 21.1. The number of rotatable bonds is 12. The second-order valence-electron chi connectivity index (χ2n) is 8.68. The van der Waals surface area contributed by atoms with Crippen molar-refractivity contribution in [1.29, 1.82) is 0 Å². The Hall–Kier alpha value is -3.52. The molecule has 35 heavy (non-hydrogen) atoms. The predicted octanol–water partition coefficient (Wildman–Crippen LogP) is 3.77. The number of hydrogen-bond acceptors (Lipinski definition) is 4. The van der Waals surface area contributed by atoms with Gasteiger partial charge in [0.15, 0.2) is 0 Å². The van der Waals surface area contributed by atoms with Gasteiger partial charge in [-0.2, -0.15) is 0 Å². The molecule has 188 valence electrons. The highest BCUT2D eigenvalue weighted by Crippen LogP contribution is 2.22. The predicted molar refractivity (Wildman–Crippen MR) is 138 cm³/mol. The molecule has 0 aliphatic rings. The van der Waals surface area contributed by atoms with E-state index in [1.165, 1.54) is 4.90 Å². The highest BCUT2D eigenvalue weighted by Gasteiger charge is 2.23. The quantitative estimate of drug-likeness (QED) is 0.401. The second-order valence-corrected chi connectivity index (χ2v) is 8.68. The van der Waals surface area contributed by atoms with Crippen molar-refractivity contribution in [2.45, 2.75) is 19.4 Å². The van der Waals surface area contributed by atoms with Gasteiger partial charge in [0.1, 0.15) is 12.3 Å². The maximum Gasteiger partial charge on any atom is 0.319 e. The summed E-state index contributed by atoms with van der Waals surface area (Å²) < 4.78 is 10.7. The zero-order chi connectivity index (χ0) is 25.2. The first-order chi connectivity index (χ1) is 16.9. The number of fused-ring (bicyclic) bond motifs is 1. The van der Waals surface area contributed by atoms with Crippen LogP contribution in [0.25, 0.3) is 10.9 Å². The van der Waals surface area contributed by atoms with Gasteiger partial charge in [0.05, 0.1) is 7.11 Å². The van der Waals surface area contributed by atoms with E-state index in [-0.39, 0.29) is 18.5 Å². The number of ether oxygens (including phenoxy) is 2. The Morgan fingerprint density at radius 1 is 0.914 bits per heavy atom. The highest BCUT2D eigenvalue weighted by molar-refractivity contribution is 5.85. The molecule has 1 heterocycles. The van der Waals surface area contributed by atoms with Crippen LogP contribution in [0.3, 0.4) is 0 Å². The Balaban J connectivity index is 1.81. The molecule has 8 heteroatoms. The first-order valence-corrected chi connectivity index (χ1v) is 11.8. The summed E-state index contributed by atoms with van der Waals surface area (Å²) in [6, 6.07) is 15.7. The van der Waals surface area contributed by atoms with Crippen LogP contribution in [0, 0.1) is 0 Å². The molecule has 0 unspecified atom stereocenters. The average Bonchev–Trinajstić information content (AvgIpc) is 3.28. The molecule has 0 aliphatic heterocycles. The van der Waals surface area contributed by atoms with Crippen molar-refractivity contribution in [2.24, 2.45) is 0 Å². The number of H-pyrrole nitrogens is 1. The van der Waals surface area contributed by atoms with Crippen LogP contribution in [0.2, 0.25) is 0 Å². The molecule has 8 nitrogen and oxygen atoms in total. The molecule has 3 rings (SSSR count). The lowest BCUT2D eigenvalue weighted by Gasteiger charge is -2.30. The first-order valence-electron chi connectivity index (χ1n) is 11.8. The summed E-state index contributed by atoms with van der Waals surface area (Å²) in [5.41, 5.74) is 3.15. The highest BCUT2D eigenvalue weighted by atomic mass is 16.5. The lowest BCUT2D eigenvalue weighted by Crippen LogP contribution is -2.47. The number of urea groups is 1. The maximum absolute atomic E-state index is 13.6. The second kappa shape index (κ2) is 12.8. The fourth-order valence-electron chi connectivity index (χ4n) is 4.11. The lowest BCUT2D eigenvalue weighted by molar-refractivity contribution is -0.132. The van der Waals surface area contributed by atoms with Gasteiger partial charge in [-0.3, -0.25) is 4.79 Å². The third-order valence-corrected chi connectivity index (χ3v) is 5.99. The molecule has 0 saturated heterocycles. The minimum Gasteiger partial charge on any atom is -0.496 e. The minimum atomic E-state index is -0.191. The summed E-state index contributed by atoms with van der Waals surface area (Å²) in [6.07, 6.45) is 3.35. The number of amides is 3. The van der Waals surface area contributed by atoms with Crippen LogP contribution in [-0.4, -0.2) is 86.2 Å². The van der Waals surface area contributed by atoms with Crippen LogP contribution >= 0.6 is 0 Å². The molecule has 0 radical (unpaired) electrons. The molecule has 0 saturated carbocycles. The van der Waals surface area contributed by atoms with Gasteiger partial charge in [-0.1, -0.05) is 36.4 Å². The lowest BCUT2D eigenvalue weighted by atomic mass is 10.1. The Bertz CT molecular complexity index is 1110. The number of aromatic amines is 1. The topological polar surface area (TPSA) is 78.1 Å². The monoisotopic (exact) mass is 480 g/mol. The molecule has 3 amide bonds. The van der Waals surface area contributed by atoms with Gasteiger partial charge in [0.25, 0.3) is 0 Å². The Morgan fingerprint density at radius 3 is 2.40 bits per heavy atom. The van der Waals surface area contributed by atoms with Gasteiger partial charge in [-0.05, 0) is 30.5 Å². The number of methoxy groups -OCH3 is 2. The molecular formula is C27H36N4O4. The van der Waals surface area contributed by atoms with Crippen LogP contribution in [0.1, 0.15) is 17.5 Å². The van der Waals surface area contributed by atoms with E-state index >= 15 is 0 Å². The van der Waals surface area contributed by atoms with Gasteiger partial charge in [0, 0.05) is 70.1 Å². The number of hydrogen-bond donors (Lipinski definition) is 1. The van der Waals surface area contributed by atoms with Gasteiger partial charge in [-0.25, -0.2) is 4.79 Å². The zero-order valence-corrected chi connectivity index (χ0v) is 21.1. The van der Waals surface area contributed by atoms with E-state index in [4.69, 9.17) is 9.47 Å². The molecule has 1 aromatic heterocycles. The van der Waals surface area contributed by atoms with Crippen molar-refractivity contribution >= 4 is 22.8 Å². The molecule has 3 aromatic rings. The third kappa shape index (κ3) is 6.99. The number of para-hydroxylation sites is 2. The summed E-state index contributed by atoms with van der Waals surface area (Å²) in [5, 5.41) is 1.15. The van der Waals surface area contributed by atoms with E-state index in [1.54, 1.807) is 33.2 Å². The van der Waals surface area contributed by atoms with Crippen molar-refractivity contribution in [3.05, 3.63) is 65.9 Å². The summed E-state index contributed by atoms with van der Waals surface area (Å²) in [5.74, 6) is 0.627. The van der Waals surface area contributed by atoms with E-state index in [0.29, 0.717) is 39.1 Å². The number of benzene rings is 2. The normalized spacial score (nSPS) is 10.9. The van der Waals surface area contributed by atoms with Gasteiger partial charge < -0.3 is 29.2 Å². The number of nitrogens with one attached hydrogen (secondary N) is 1. The summed E-state index contributed by atoms with van der Waals surface area (Å²) in [4.78, 5) is 34.5. The summed E-state index contributed by atoms with van der Waals surface area (Å²) in [7, 11) is 6.65. The number of carbonyl (C=O) groups is 2. The number of aromatic nitrogens is 1. The molecule has 1 N–H and O–H groups in total. The largest absolute Gasteiger partial charge is 0.496 e. The fraction of sp³-hybridized carbons (Fsp3) is 0.407. The average molecular weight is 481 g/mol. The van der Waals surface area contributed by atoms with E-state index in [1.807, 2.05) is 53.6 Å². The Morgan fingerprint density at radius 2 is 1.66 bits per heavy atom. The summed E-state index contributed by atoms with van der Waals surface area (Å²) in [6.45, 7) is 1.89. The number of carbonyl (C=O) groups excluding carboxylic acids is 2. The SMILES string of the molecule is COCCCN(CC(=O)N(CCc1c[nH]c2ccccc12)Cc1ccccc1OC)C(=O)N(C)C. The molecule has 0 spiro atoms. The Kier molecular flexibility index (Phi) is 9.55. The standard InChI is InChI=1S/C27H36N4O4/c1-29(2)27(33)31(15-9-17-34-3)20-26(32)30(19-22-10-5-8-13-25(22)35-4)16-14-21-18-28-24-12-7-6-11-23(21)24/h5-8,10-13,18,28H,9,14-17,19-20H2,1-4H3. The smallest absolute Gasteiger partial charge is 0.319 e. The third-order valence-electron chi connectivity index (χ3n) is 5.99. The van der Waals surface area contributed by atoms with E-state index in [2.05, 4.69) is 11.1 Å². The van der Waals surface area contributed by atoms with Gasteiger partial charge in [-0.15, -0.1) is 0 Å². The molecule has 2 aromatic carbocycles.